The molecule has 0 aliphatic rings. The maximum atomic E-state index is 9.04. The summed E-state index contributed by atoms with van der Waals surface area (Å²) in [4.78, 5) is 0. The monoisotopic (exact) mass is 247 g/mol. The number of thiophene rings is 1. The Morgan fingerprint density at radius 1 is 1.75 bits per heavy atom. The highest BCUT2D eigenvalue weighted by Crippen LogP contribution is 2.29. The second-order valence-electron chi connectivity index (χ2n) is 2.43. The molecule has 0 unspecified atom stereocenters. The Hall–Kier alpha value is -0.320. The molecule has 12 heavy (non-hydrogen) atoms. The van der Waals surface area contributed by atoms with Gasteiger partial charge in [0.1, 0.15) is 0 Å². The van der Waals surface area contributed by atoms with Gasteiger partial charge in [0.05, 0.1) is 10.4 Å². The molecular weight excluding hydrogens is 238 g/mol. The maximum absolute atomic E-state index is 9.04. The number of allylic oxidation sites excluding steroid dienone is 1. The second kappa shape index (κ2) is 4.07. The number of hydrogen-bond acceptors (Lipinski definition) is 3. The summed E-state index contributed by atoms with van der Waals surface area (Å²) in [5, 5.41) is 11.0. The number of nitrogens with two attached hydrogens (primary N) is 1. The zero-order valence-electron chi connectivity index (χ0n) is 6.67. The Balaban J connectivity index is 3.12. The lowest BCUT2D eigenvalue weighted by molar-refractivity contribution is 0.349. The minimum absolute atomic E-state index is 0.0162. The summed E-state index contributed by atoms with van der Waals surface area (Å²) in [5.74, 6) is 0. The van der Waals surface area contributed by atoms with Gasteiger partial charge in [0.25, 0.3) is 0 Å². The van der Waals surface area contributed by atoms with E-state index in [9.17, 15) is 0 Å². The first-order valence-electron chi connectivity index (χ1n) is 3.46. The number of halogens is 1. The van der Waals surface area contributed by atoms with Gasteiger partial charge in [0, 0.05) is 16.8 Å². The van der Waals surface area contributed by atoms with Gasteiger partial charge in [-0.25, -0.2) is 0 Å². The summed E-state index contributed by atoms with van der Waals surface area (Å²) in [5.41, 5.74) is 8.06. The summed E-state index contributed by atoms with van der Waals surface area (Å²) < 4.78 is 1.01. The van der Waals surface area contributed by atoms with E-state index in [0.717, 1.165) is 14.9 Å². The van der Waals surface area contributed by atoms with E-state index in [1.54, 1.807) is 18.3 Å². The molecule has 1 aromatic rings. The van der Waals surface area contributed by atoms with Gasteiger partial charge in [-0.05, 0) is 34.3 Å². The molecule has 1 heterocycles. The van der Waals surface area contributed by atoms with Gasteiger partial charge in [0.15, 0.2) is 0 Å². The van der Waals surface area contributed by atoms with Crippen LogP contribution in [0.1, 0.15) is 12.5 Å². The van der Waals surface area contributed by atoms with Gasteiger partial charge in [-0.2, -0.15) is 0 Å². The normalized spacial score (nSPS) is 12.9. The molecule has 0 bridgehead atoms. The van der Waals surface area contributed by atoms with E-state index >= 15 is 0 Å². The molecule has 0 amide bonds. The number of aliphatic hydroxyl groups is 1. The highest BCUT2D eigenvalue weighted by molar-refractivity contribution is 9.11. The lowest BCUT2D eigenvalue weighted by atomic mass is 10.1. The Bertz CT molecular complexity index is 302. The lowest BCUT2D eigenvalue weighted by Gasteiger charge is -2.04. The molecule has 3 N–H and O–H groups in total. The smallest absolute Gasteiger partial charge is 0.0774 e. The van der Waals surface area contributed by atoms with E-state index in [-0.39, 0.29) is 6.61 Å². The number of rotatable bonds is 2. The van der Waals surface area contributed by atoms with E-state index in [1.165, 1.54) is 0 Å². The zero-order chi connectivity index (χ0) is 9.14. The molecular formula is C8H10BrNOS. The summed E-state index contributed by atoms with van der Waals surface area (Å²) in [6, 6.07) is 1.94. The van der Waals surface area contributed by atoms with Crippen molar-refractivity contribution < 1.29 is 5.11 Å². The largest absolute Gasteiger partial charge is 0.402 e. The van der Waals surface area contributed by atoms with Crippen LogP contribution in [0, 0.1) is 0 Å². The average molecular weight is 248 g/mol. The van der Waals surface area contributed by atoms with Crippen LogP contribution in [0.15, 0.2) is 20.9 Å². The van der Waals surface area contributed by atoms with Gasteiger partial charge >= 0.3 is 0 Å². The van der Waals surface area contributed by atoms with Crippen molar-refractivity contribution in [1.82, 2.24) is 0 Å². The van der Waals surface area contributed by atoms with E-state index < -0.39 is 0 Å². The minimum atomic E-state index is -0.0162. The van der Waals surface area contributed by atoms with Gasteiger partial charge in [-0.3, -0.25) is 0 Å². The number of aliphatic hydroxyl groups excluding tert-OH is 1. The Kier molecular flexibility index (Phi) is 3.31. The summed E-state index contributed by atoms with van der Waals surface area (Å²) >= 11 is 4.98. The van der Waals surface area contributed by atoms with Crippen molar-refractivity contribution in [3.05, 3.63) is 26.5 Å². The Morgan fingerprint density at radius 2 is 2.42 bits per heavy atom. The average Bonchev–Trinajstić information content (AvgIpc) is 2.38. The summed E-state index contributed by atoms with van der Waals surface area (Å²) in [7, 11) is 0. The molecule has 0 fully saturated rings. The molecule has 0 aliphatic heterocycles. The first-order valence-corrected chi connectivity index (χ1v) is 5.13. The van der Waals surface area contributed by atoms with Crippen LogP contribution < -0.4 is 5.73 Å². The van der Waals surface area contributed by atoms with Crippen LogP contribution in [-0.4, -0.2) is 11.7 Å². The van der Waals surface area contributed by atoms with Crippen molar-refractivity contribution >= 4 is 32.8 Å². The van der Waals surface area contributed by atoms with Crippen LogP contribution in [0.3, 0.4) is 0 Å². The quantitative estimate of drug-likeness (QED) is 0.842. The third kappa shape index (κ3) is 1.88. The van der Waals surface area contributed by atoms with Crippen molar-refractivity contribution in [3.63, 3.8) is 0 Å². The molecule has 1 aromatic heterocycles. The molecule has 4 heteroatoms. The van der Waals surface area contributed by atoms with Crippen molar-refractivity contribution in [3.8, 4) is 0 Å². The van der Waals surface area contributed by atoms with E-state index in [4.69, 9.17) is 10.8 Å². The van der Waals surface area contributed by atoms with Gasteiger partial charge in [0.2, 0.25) is 0 Å². The third-order valence-corrected chi connectivity index (χ3v) is 3.26. The van der Waals surface area contributed by atoms with Crippen molar-refractivity contribution in [2.75, 3.05) is 6.61 Å². The van der Waals surface area contributed by atoms with Gasteiger partial charge < -0.3 is 10.8 Å². The fourth-order valence-corrected chi connectivity index (χ4v) is 2.27. The third-order valence-electron chi connectivity index (χ3n) is 1.58. The summed E-state index contributed by atoms with van der Waals surface area (Å²) in [6.07, 6.45) is 0. The van der Waals surface area contributed by atoms with Crippen molar-refractivity contribution in [2.24, 2.45) is 5.73 Å². The van der Waals surface area contributed by atoms with E-state index in [2.05, 4.69) is 15.9 Å². The molecule has 0 aromatic carbocycles. The molecule has 0 saturated carbocycles. The first kappa shape index (κ1) is 9.77. The van der Waals surface area contributed by atoms with Crippen LogP contribution in [0.5, 0.6) is 0 Å². The molecule has 2 nitrogen and oxygen atoms in total. The molecule has 66 valence electrons. The molecule has 0 atom stereocenters. The fourth-order valence-electron chi connectivity index (χ4n) is 0.932. The SMILES string of the molecule is C/C(N)=C(/CO)c1ccsc1Br. The van der Waals surface area contributed by atoms with E-state index in [1.807, 2.05) is 11.4 Å². The second-order valence-corrected chi connectivity index (χ2v) is 4.66. The molecule has 0 saturated heterocycles. The highest BCUT2D eigenvalue weighted by atomic mass is 79.9. The molecule has 0 spiro atoms. The lowest BCUT2D eigenvalue weighted by Crippen LogP contribution is -2.00. The van der Waals surface area contributed by atoms with Crippen LogP contribution in [0.4, 0.5) is 0 Å². The predicted molar refractivity (Wildman–Crippen MR) is 55.9 cm³/mol. The van der Waals surface area contributed by atoms with E-state index in [0.29, 0.717) is 5.70 Å². The van der Waals surface area contributed by atoms with Crippen LogP contribution in [-0.2, 0) is 0 Å². The Labute approximate surface area is 83.8 Å². The fraction of sp³-hybridized carbons (Fsp3) is 0.250. The molecule has 1 rings (SSSR count). The maximum Gasteiger partial charge on any atom is 0.0774 e. The molecule has 0 radical (unpaired) electrons. The van der Waals surface area contributed by atoms with Gasteiger partial charge in [-0.1, -0.05) is 0 Å². The van der Waals surface area contributed by atoms with Crippen molar-refractivity contribution in [2.45, 2.75) is 6.92 Å². The zero-order valence-corrected chi connectivity index (χ0v) is 9.08. The Morgan fingerprint density at radius 3 is 2.75 bits per heavy atom. The van der Waals surface area contributed by atoms with Crippen LogP contribution in [0.2, 0.25) is 0 Å². The van der Waals surface area contributed by atoms with Gasteiger partial charge in [-0.15, -0.1) is 11.3 Å². The minimum Gasteiger partial charge on any atom is -0.402 e. The molecule has 0 aliphatic carbocycles. The summed E-state index contributed by atoms with van der Waals surface area (Å²) in [6.45, 7) is 1.77. The van der Waals surface area contributed by atoms with Crippen LogP contribution >= 0.6 is 27.3 Å². The van der Waals surface area contributed by atoms with Crippen molar-refractivity contribution in [1.29, 1.82) is 0 Å². The number of hydrogen-bond donors (Lipinski definition) is 2. The topological polar surface area (TPSA) is 46.2 Å². The first-order chi connectivity index (χ1) is 5.66. The van der Waals surface area contributed by atoms with Crippen LogP contribution in [0.25, 0.3) is 5.57 Å². The highest BCUT2D eigenvalue weighted by Gasteiger charge is 2.07. The predicted octanol–water partition coefficient (Wildman–Crippen LogP) is 2.19. The standard InChI is InChI=1S/C8H10BrNOS/c1-5(10)7(4-11)6-2-3-12-8(6)9/h2-3,11H,4,10H2,1H3/b7-5+.